The molecule has 6 heteroatoms. The molecule has 5 nitrogen and oxygen atoms in total. The molecule has 0 N–H and O–H groups in total. The maximum atomic E-state index is 13.6. The van der Waals surface area contributed by atoms with Crippen LogP contribution < -0.4 is 4.90 Å². The van der Waals surface area contributed by atoms with Gasteiger partial charge in [0.25, 0.3) is 5.91 Å². The van der Waals surface area contributed by atoms with Crippen LogP contribution in [0, 0.1) is 18.7 Å². The van der Waals surface area contributed by atoms with Gasteiger partial charge in [-0.3, -0.25) is 9.59 Å². The van der Waals surface area contributed by atoms with Crippen LogP contribution in [0.5, 0.6) is 0 Å². The van der Waals surface area contributed by atoms with Crippen molar-refractivity contribution in [3.05, 3.63) is 89.6 Å². The van der Waals surface area contributed by atoms with Crippen molar-refractivity contribution >= 4 is 17.5 Å². The number of furan rings is 1. The van der Waals surface area contributed by atoms with Gasteiger partial charge >= 0.3 is 0 Å². The molecule has 160 valence electrons. The molecule has 2 heterocycles. The standard InChI is InChI=1S/C25H25FN2O3/c1-18-6-12-22(13-7-18)28(17-23-5-3-15-31-23)25(30)20-4-2-14-27(16-20)24(29)19-8-10-21(26)11-9-19/h3,5-13,15,20H,2,4,14,16-17H2,1H3. The minimum atomic E-state index is -0.380. The van der Waals surface area contributed by atoms with E-state index in [0.29, 0.717) is 37.4 Å². The summed E-state index contributed by atoms with van der Waals surface area (Å²) in [6.07, 6.45) is 3.05. The smallest absolute Gasteiger partial charge is 0.253 e. The number of amides is 2. The summed E-state index contributed by atoms with van der Waals surface area (Å²) in [5, 5.41) is 0. The van der Waals surface area contributed by atoms with Crippen molar-refractivity contribution in [3.8, 4) is 0 Å². The first kappa shape index (κ1) is 20.8. The third-order valence-corrected chi connectivity index (χ3v) is 5.65. The van der Waals surface area contributed by atoms with Gasteiger partial charge in [-0.15, -0.1) is 0 Å². The van der Waals surface area contributed by atoms with Crippen LogP contribution in [0.3, 0.4) is 0 Å². The topological polar surface area (TPSA) is 53.8 Å². The Morgan fingerprint density at radius 2 is 1.84 bits per heavy atom. The number of benzene rings is 2. The molecule has 0 bridgehead atoms. The average Bonchev–Trinajstić information content (AvgIpc) is 3.31. The van der Waals surface area contributed by atoms with Crippen molar-refractivity contribution in [3.63, 3.8) is 0 Å². The molecule has 1 fully saturated rings. The molecule has 0 aliphatic carbocycles. The van der Waals surface area contributed by atoms with Crippen molar-refractivity contribution in [2.75, 3.05) is 18.0 Å². The van der Waals surface area contributed by atoms with Crippen LogP contribution in [0.25, 0.3) is 0 Å². The molecule has 1 atom stereocenters. The number of nitrogens with zero attached hydrogens (tertiary/aromatic N) is 2. The maximum absolute atomic E-state index is 13.6. The van der Waals surface area contributed by atoms with E-state index < -0.39 is 0 Å². The molecular formula is C25H25FN2O3. The molecule has 31 heavy (non-hydrogen) atoms. The zero-order chi connectivity index (χ0) is 21.8. The molecule has 4 rings (SSSR count). The van der Waals surface area contributed by atoms with Gasteiger partial charge in [0.2, 0.25) is 5.91 Å². The highest BCUT2D eigenvalue weighted by Gasteiger charge is 2.32. The Morgan fingerprint density at radius 3 is 2.52 bits per heavy atom. The first-order chi connectivity index (χ1) is 15.0. The zero-order valence-electron chi connectivity index (χ0n) is 17.5. The van der Waals surface area contributed by atoms with Crippen molar-refractivity contribution in [1.82, 2.24) is 4.90 Å². The van der Waals surface area contributed by atoms with Gasteiger partial charge in [0.05, 0.1) is 18.7 Å². The number of aryl methyl sites for hydroxylation is 1. The molecule has 2 amide bonds. The molecular weight excluding hydrogens is 395 g/mol. The summed E-state index contributed by atoms with van der Waals surface area (Å²) in [5.41, 5.74) is 2.34. The van der Waals surface area contributed by atoms with E-state index >= 15 is 0 Å². The van der Waals surface area contributed by atoms with E-state index in [9.17, 15) is 14.0 Å². The summed E-state index contributed by atoms with van der Waals surface area (Å²) in [4.78, 5) is 29.9. The minimum absolute atomic E-state index is 0.0307. The second-order valence-corrected chi connectivity index (χ2v) is 7.94. The molecule has 1 unspecified atom stereocenters. The number of halogens is 1. The predicted octanol–water partition coefficient (Wildman–Crippen LogP) is 4.81. The van der Waals surface area contributed by atoms with Crippen LogP contribution in [0.2, 0.25) is 0 Å². The summed E-state index contributed by atoms with van der Waals surface area (Å²) >= 11 is 0. The van der Waals surface area contributed by atoms with E-state index in [4.69, 9.17) is 4.42 Å². The summed E-state index contributed by atoms with van der Waals surface area (Å²) in [6.45, 7) is 3.26. The van der Waals surface area contributed by atoms with Gasteiger partial charge in [0.1, 0.15) is 11.6 Å². The summed E-state index contributed by atoms with van der Waals surface area (Å²) in [7, 11) is 0. The number of hydrogen-bond acceptors (Lipinski definition) is 3. The molecule has 1 saturated heterocycles. The fourth-order valence-corrected chi connectivity index (χ4v) is 3.94. The highest BCUT2D eigenvalue weighted by molar-refractivity contribution is 5.97. The van der Waals surface area contributed by atoms with Crippen LogP contribution in [0.4, 0.5) is 10.1 Å². The van der Waals surface area contributed by atoms with E-state index in [-0.39, 0.29) is 23.5 Å². The minimum Gasteiger partial charge on any atom is -0.467 e. The lowest BCUT2D eigenvalue weighted by atomic mass is 9.95. The highest BCUT2D eigenvalue weighted by Crippen LogP contribution is 2.26. The Bertz CT molecular complexity index is 1030. The van der Waals surface area contributed by atoms with Crippen molar-refractivity contribution in [2.24, 2.45) is 5.92 Å². The first-order valence-electron chi connectivity index (χ1n) is 10.5. The number of carbonyl (C=O) groups is 2. The highest BCUT2D eigenvalue weighted by atomic mass is 19.1. The lowest BCUT2D eigenvalue weighted by Crippen LogP contribution is -2.46. The van der Waals surface area contributed by atoms with E-state index in [1.54, 1.807) is 22.1 Å². The maximum Gasteiger partial charge on any atom is 0.253 e. The third kappa shape index (κ3) is 4.85. The Kier molecular flexibility index (Phi) is 6.16. The summed E-state index contributed by atoms with van der Waals surface area (Å²) in [6, 6.07) is 17.0. The van der Waals surface area contributed by atoms with Crippen molar-refractivity contribution in [2.45, 2.75) is 26.3 Å². The number of rotatable bonds is 5. The van der Waals surface area contributed by atoms with Gasteiger partial charge in [0.15, 0.2) is 0 Å². The fraction of sp³-hybridized carbons (Fsp3) is 0.280. The number of piperidine rings is 1. The average molecular weight is 420 g/mol. The third-order valence-electron chi connectivity index (χ3n) is 5.65. The molecule has 1 aliphatic rings. The molecule has 1 aromatic heterocycles. The molecule has 0 spiro atoms. The lowest BCUT2D eigenvalue weighted by molar-refractivity contribution is -0.123. The van der Waals surface area contributed by atoms with E-state index in [1.807, 2.05) is 37.3 Å². The Balaban J connectivity index is 1.53. The summed E-state index contributed by atoms with van der Waals surface area (Å²) < 4.78 is 18.7. The number of carbonyl (C=O) groups excluding carboxylic acids is 2. The molecule has 3 aromatic rings. The van der Waals surface area contributed by atoms with E-state index in [1.165, 1.54) is 24.3 Å². The number of likely N-dealkylation sites (tertiary alicyclic amines) is 1. The van der Waals surface area contributed by atoms with E-state index in [2.05, 4.69) is 0 Å². The Hall–Kier alpha value is -3.41. The van der Waals surface area contributed by atoms with Gasteiger partial charge in [-0.05, 0) is 68.3 Å². The van der Waals surface area contributed by atoms with Crippen LogP contribution in [0.15, 0.2) is 71.3 Å². The van der Waals surface area contributed by atoms with Gasteiger partial charge in [0, 0.05) is 24.3 Å². The first-order valence-corrected chi connectivity index (χ1v) is 10.5. The number of anilines is 1. The molecule has 2 aromatic carbocycles. The van der Waals surface area contributed by atoms with Gasteiger partial charge in [-0.1, -0.05) is 17.7 Å². The summed E-state index contributed by atoms with van der Waals surface area (Å²) in [5.74, 6) is -0.199. The normalized spacial score (nSPS) is 16.2. The Labute approximate surface area is 181 Å². The predicted molar refractivity (Wildman–Crippen MR) is 116 cm³/mol. The second kappa shape index (κ2) is 9.16. The number of hydrogen-bond donors (Lipinski definition) is 0. The SMILES string of the molecule is Cc1ccc(N(Cc2ccco2)C(=O)C2CCCN(C(=O)c3ccc(F)cc3)C2)cc1. The molecule has 1 aliphatic heterocycles. The second-order valence-electron chi connectivity index (χ2n) is 7.94. The molecule has 0 saturated carbocycles. The van der Waals surface area contributed by atoms with Crippen molar-refractivity contribution < 1.29 is 18.4 Å². The van der Waals surface area contributed by atoms with Crippen molar-refractivity contribution in [1.29, 1.82) is 0 Å². The fourth-order valence-electron chi connectivity index (χ4n) is 3.94. The quantitative estimate of drug-likeness (QED) is 0.595. The van der Waals surface area contributed by atoms with Crippen LogP contribution in [0.1, 0.15) is 34.5 Å². The van der Waals surface area contributed by atoms with Gasteiger partial charge in [-0.2, -0.15) is 0 Å². The van der Waals surface area contributed by atoms with Gasteiger partial charge in [-0.25, -0.2) is 4.39 Å². The monoisotopic (exact) mass is 420 g/mol. The lowest BCUT2D eigenvalue weighted by Gasteiger charge is -2.35. The largest absolute Gasteiger partial charge is 0.467 e. The van der Waals surface area contributed by atoms with Gasteiger partial charge < -0.3 is 14.2 Å². The van der Waals surface area contributed by atoms with Crippen LogP contribution in [-0.2, 0) is 11.3 Å². The van der Waals surface area contributed by atoms with Crippen LogP contribution in [-0.4, -0.2) is 29.8 Å². The Morgan fingerprint density at radius 1 is 1.10 bits per heavy atom. The zero-order valence-corrected chi connectivity index (χ0v) is 17.5. The van der Waals surface area contributed by atoms with Crippen LogP contribution >= 0.6 is 0 Å². The molecule has 0 radical (unpaired) electrons. The van der Waals surface area contributed by atoms with E-state index in [0.717, 1.165) is 17.7 Å².